The van der Waals surface area contributed by atoms with E-state index in [2.05, 4.69) is 44.4 Å². The van der Waals surface area contributed by atoms with Crippen LogP contribution in [0.3, 0.4) is 0 Å². The lowest BCUT2D eigenvalue weighted by Crippen LogP contribution is -2.62. The second kappa shape index (κ2) is 4.99. The third-order valence-electron chi connectivity index (χ3n) is 4.84. The lowest BCUT2D eigenvalue weighted by atomic mass is 9.75. The molecule has 2 rings (SSSR count). The summed E-state index contributed by atoms with van der Waals surface area (Å²) >= 11 is 2.11. The van der Waals surface area contributed by atoms with Crippen molar-refractivity contribution in [2.45, 2.75) is 52.5 Å². The Bertz CT molecular complexity index is 291. The van der Waals surface area contributed by atoms with Gasteiger partial charge in [-0.3, -0.25) is 4.90 Å². The molecule has 0 amide bonds. The van der Waals surface area contributed by atoms with Gasteiger partial charge in [-0.2, -0.15) is 11.8 Å². The summed E-state index contributed by atoms with van der Waals surface area (Å²) in [7, 11) is 0. The fourth-order valence-corrected chi connectivity index (χ4v) is 5.10. The molecule has 0 saturated carbocycles. The molecule has 2 saturated heterocycles. The van der Waals surface area contributed by atoms with Gasteiger partial charge in [-0.15, -0.1) is 0 Å². The van der Waals surface area contributed by atoms with Crippen molar-refractivity contribution in [3.8, 4) is 0 Å². The van der Waals surface area contributed by atoms with Crippen LogP contribution in [0.4, 0.5) is 0 Å². The van der Waals surface area contributed by atoms with Crippen LogP contribution < -0.4 is 5.73 Å². The van der Waals surface area contributed by atoms with Gasteiger partial charge in [0.1, 0.15) is 0 Å². The van der Waals surface area contributed by atoms with Crippen molar-refractivity contribution in [1.29, 1.82) is 0 Å². The highest BCUT2D eigenvalue weighted by Crippen LogP contribution is 2.44. The van der Waals surface area contributed by atoms with Gasteiger partial charge in [-0.05, 0) is 48.9 Å². The maximum Gasteiger partial charge on any atom is 0.0427 e. The van der Waals surface area contributed by atoms with Crippen molar-refractivity contribution >= 4 is 11.8 Å². The quantitative estimate of drug-likeness (QED) is 0.836. The highest BCUT2D eigenvalue weighted by atomic mass is 32.2. The average Bonchev–Trinajstić information content (AvgIpc) is 2.27. The molecule has 1 atom stereocenters. The summed E-state index contributed by atoms with van der Waals surface area (Å²) in [6, 6.07) is 0. The van der Waals surface area contributed by atoms with Gasteiger partial charge >= 0.3 is 0 Å². The first kappa shape index (κ1) is 14.7. The first-order valence-electron chi connectivity index (χ1n) is 7.32. The van der Waals surface area contributed by atoms with E-state index >= 15 is 0 Å². The standard InChI is InChI=1S/C15H30N2S/c1-13(2)5-7-17(8-6-13)15(10-16)9-14(3,4)11-18-12-15/h5-12,16H2,1-4H3. The topological polar surface area (TPSA) is 29.3 Å². The zero-order valence-corrected chi connectivity index (χ0v) is 13.4. The molecule has 0 aromatic heterocycles. The largest absolute Gasteiger partial charge is 0.329 e. The zero-order chi connectivity index (χ0) is 13.4. The summed E-state index contributed by atoms with van der Waals surface area (Å²) in [5, 5.41) is 0. The summed E-state index contributed by atoms with van der Waals surface area (Å²) in [6.07, 6.45) is 3.91. The normalized spacial score (nSPS) is 36.5. The van der Waals surface area contributed by atoms with E-state index in [0.29, 0.717) is 10.8 Å². The van der Waals surface area contributed by atoms with Gasteiger partial charge in [0.2, 0.25) is 0 Å². The molecule has 2 N–H and O–H groups in total. The highest BCUT2D eigenvalue weighted by Gasteiger charge is 2.45. The number of hydrogen-bond donors (Lipinski definition) is 1. The van der Waals surface area contributed by atoms with E-state index in [1.54, 1.807) is 0 Å². The number of rotatable bonds is 2. The number of piperidine rings is 1. The van der Waals surface area contributed by atoms with Crippen molar-refractivity contribution in [2.75, 3.05) is 31.1 Å². The van der Waals surface area contributed by atoms with Gasteiger partial charge in [-0.25, -0.2) is 0 Å². The molecular weight excluding hydrogens is 240 g/mol. The minimum Gasteiger partial charge on any atom is -0.329 e. The first-order valence-corrected chi connectivity index (χ1v) is 8.47. The van der Waals surface area contributed by atoms with Crippen molar-refractivity contribution in [3.63, 3.8) is 0 Å². The number of hydrogen-bond acceptors (Lipinski definition) is 3. The highest BCUT2D eigenvalue weighted by molar-refractivity contribution is 7.99. The van der Waals surface area contributed by atoms with Crippen LogP contribution in [0.2, 0.25) is 0 Å². The smallest absolute Gasteiger partial charge is 0.0427 e. The molecule has 18 heavy (non-hydrogen) atoms. The number of nitrogens with two attached hydrogens (primary N) is 1. The van der Waals surface area contributed by atoms with Gasteiger partial charge in [0.05, 0.1) is 0 Å². The van der Waals surface area contributed by atoms with Crippen LogP contribution in [0.15, 0.2) is 0 Å². The summed E-state index contributed by atoms with van der Waals surface area (Å²) in [5.74, 6) is 2.52. The Hall–Kier alpha value is 0.270. The van der Waals surface area contributed by atoms with Crippen molar-refractivity contribution in [2.24, 2.45) is 16.6 Å². The second-order valence-corrected chi connectivity index (χ2v) is 8.90. The van der Waals surface area contributed by atoms with Crippen molar-refractivity contribution in [1.82, 2.24) is 4.90 Å². The Morgan fingerprint density at radius 3 is 2.11 bits per heavy atom. The maximum absolute atomic E-state index is 6.20. The van der Waals surface area contributed by atoms with Crippen LogP contribution in [0.1, 0.15) is 47.0 Å². The minimum atomic E-state index is 0.267. The predicted molar refractivity (Wildman–Crippen MR) is 82.1 cm³/mol. The van der Waals surface area contributed by atoms with Gasteiger partial charge in [-0.1, -0.05) is 27.7 Å². The van der Waals surface area contributed by atoms with E-state index in [4.69, 9.17) is 5.73 Å². The summed E-state index contributed by atoms with van der Waals surface area (Å²) in [6.45, 7) is 12.9. The molecule has 0 bridgehead atoms. The molecule has 0 radical (unpaired) electrons. The third kappa shape index (κ3) is 3.05. The van der Waals surface area contributed by atoms with E-state index in [1.807, 2.05) is 0 Å². The van der Waals surface area contributed by atoms with E-state index < -0.39 is 0 Å². The first-order chi connectivity index (χ1) is 8.29. The Morgan fingerprint density at radius 1 is 1.00 bits per heavy atom. The minimum absolute atomic E-state index is 0.267. The van der Waals surface area contributed by atoms with Crippen molar-refractivity contribution in [3.05, 3.63) is 0 Å². The SMILES string of the molecule is CC1(C)CCN(C2(CN)CSCC(C)(C)C2)CC1. The van der Waals surface area contributed by atoms with Crippen LogP contribution in [-0.2, 0) is 0 Å². The van der Waals surface area contributed by atoms with Crippen LogP contribution >= 0.6 is 11.8 Å². The Kier molecular flexibility index (Phi) is 4.07. The summed E-state index contributed by atoms with van der Waals surface area (Å²) < 4.78 is 0. The van der Waals surface area contributed by atoms with E-state index in [9.17, 15) is 0 Å². The van der Waals surface area contributed by atoms with E-state index in [0.717, 1.165) is 6.54 Å². The Balaban J connectivity index is 2.08. The molecule has 0 aliphatic carbocycles. The molecule has 3 heteroatoms. The molecule has 0 aromatic carbocycles. The van der Waals surface area contributed by atoms with Crippen LogP contribution in [-0.4, -0.2) is 41.6 Å². The summed E-state index contributed by atoms with van der Waals surface area (Å²) in [4.78, 5) is 2.71. The lowest BCUT2D eigenvalue weighted by Gasteiger charge is -2.53. The maximum atomic E-state index is 6.20. The fourth-order valence-electron chi connectivity index (χ4n) is 3.56. The Labute approximate surface area is 117 Å². The molecule has 2 aliphatic rings. The molecule has 1 unspecified atom stereocenters. The number of likely N-dealkylation sites (tertiary alicyclic amines) is 1. The molecule has 2 nitrogen and oxygen atoms in total. The molecule has 0 aromatic rings. The second-order valence-electron chi connectivity index (χ2n) is 7.91. The monoisotopic (exact) mass is 270 g/mol. The van der Waals surface area contributed by atoms with Crippen LogP contribution in [0.25, 0.3) is 0 Å². The average molecular weight is 270 g/mol. The van der Waals surface area contributed by atoms with Gasteiger partial charge < -0.3 is 5.73 Å². The van der Waals surface area contributed by atoms with Gasteiger partial charge in [0.25, 0.3) is 0 Å². The molecule has 0 spiro atoms. The number of nitrogens with zero attached hydrogens (tertiary/aromatic N) is 1. The van der Waals surface area contributed by atoms with Crippen molar-refractivity contribution < 1.29 is 0 Å². The van der Waals surface area contributed by atoms with E-state index in [-0.39, 0.29) is 5.54 Å². The van der Waals surface area contributed by atoms with Crippen LogP contribution in [0.5, 0.6) is 0 Å². The van der Waals surface area contributed by atoms with Crippen LogP contribution in [0, 0.1) is 10.8 Å². The molecular formula is C15H30N2S. The fraction of sp³-hybridized carbons (Fsp3) is 1.00. The lowest BCUT2D eigenvalue weighted by molar-refractivity contribution is 0.0193. The third-order valence-corrected chi connectivity index (χ3v) is 6.57. The summed E-state index contributed by atoms with van der Waals surface area (Å²) in [5.41, 5.74) is 7.44. The molecule has 2 heterocycles. The van der Waals surface area contributed by atoms with Gasteiger partial charge in [0.15, 0.2) is 0 Å². The molecule has 2 aliphatic heterocycles. The predicted octanol–water partition coefficient (Wildman–Crippen LogP) is 2.97. The van der Waals surface area contributed by atoms with E-state index in [1.165, 1.54) is 43.9 Å². The zero-order valence-electron chi connectivity index (χ0n) is 12.6. The molecule has 2 fully saturated rings. The van der Waals surface area contributed by atoms with Gasteiger partial charge in [0, 0.05) is 17.8 Å². The molecule has 106 valence electrons. The Morgan fingerprint density at radius 2 is 1.61 bits per heavy atom. The number of thioether (sulfide) groups is 1.